The van der Waals surface area contributed by atoms with Crippen LogP contribution in [0.3, 0.4) is 0 Å². The largest absolute Gasteiger partial charge is 0.496 e. The molecule has 100 valence electrons. The summed E-state index contributed by atoms with van der Waals surface area (Å²) >= 11 is 0. The van der Waals surface area contributed by atoms with Crippen LogP contribution in [0.4, 0.5) is 0 Å². The maximum absolute atomic E-state index is 11.0. The number of rotatable bonds is 6. The summed E-state index contributed by atoms with van der Waals surface area (Å²) in [5, 5.41) is 0. The fourth-order valence-electron chi connectivity index (χ4n) is 1.82. The van der Waals surface area contributed by atoms with Gasteiger partial charge in [0.1, 0.15) is 11.5 Å². The van der Waals surface area contributed by atoms with Crippen LogP contribution in [-0.2, 0) is 11.2 Å². The van der Waals surface area contributed by atoms with Crippen LogP contribution >= 0.6 is 0 Å². The quantitative estimate of drug-likeness (QED) is 0.455. The van der Waals surface area contributed by atoms with E-state index in [9.17, 15) is 4.79 Å². The van der Waals surface area contributed by atoms with E-state index < -0.39 is 0 Å². The molecule has 1 aromatic rings. The summed E-state index contributed by atoms with van der Waals surface area (Å²) < 4.78 is 10.6. The van der Waals surface area contributed by atoms with Crippen LogP contribution in [-0.4, -0.2) is 20.1 Å². The Morgan fingerprint density at radius 2 is 1.94 bits per heavy atom. The molecule has 0 unspecified atom stereocenters. The molecule has 0 saturated heterocycles. The molecule has 5 heteroatoms. The molecule has 0 atom stereocenters. The first kappa shape index (κ1) is 14.3. The number of aryl methyl sites for hydroxylation is 2. The Labute approximate surface area is 107 Å². The van der Waals surface area contributed by atoms with Crippen LogP contribution in [0.15, 0.2) is 12.1 Å². The highest BCUT2D eigenvalue weighted by molar-refractivity contribution is 5.75. The minimum atomic E-state index is -0.159. The van der Waals surface area contributed by atoms with E-state index in [0.717, 1.165) is 29.0 Å². The number of hydrazine groups is 1. The molecular weight excluding hydrogens is 232 g/mol. The molecule has 0 aliphatic heterocycles. The van der Waals surface area contributed by atoms with Crippen molar-refractivity contribution in [1.29, 1.82) is 0 Å². The highest BCUT2D eigenvalue weighted by atomic mass is 16.5. The Balaban J connectivity index is 2.76. The van der Waals surface area contributed by atoms with E-state index in [2.05, 4.69) is 5.43 Å². The van der Waals surface area contributed by atoms with Gasteiger partial charge in [0.2, 0.25) is 5.91 Å². The Kier molecular flexibility index (Phi) is 5.45. The molecule has 3 N–H and O–H groups in total. The second-order valence-corrected chi connectivity index (χ2v) is 4.05. The normalized spacial score (nSPS) is 10.0. The van der Waals surface area contributed by atoms with Crippen LogP contribution in [0.2, 0.25) is 0 Å². The average Bonchev–Trinajstić information content (AvgIpc) is 2.39. The predicted molar refractivity (Wildman–Crippen MR) is 69.6 cm³/mol. The number of hydrogen-bond donors (Lipinski definition) is 2. The summed E-state index contributed by atoms with van der Waals surface area (Å²) in [5.41, 5.74) is 4.17. The average molecular weight is 252 g/mol. The standard InChI is InChI=1S/C13H20N2O3/c1-9-7-12(18-3)10(8-11(9)17-2)5-4-6-13(16)15-14/h7-8H,4-6,14H2,1-3H3,(H,15,16). The molecule has 1 rings (SSSR count). The molecule has 1 amide bonds. The third-order valence-electron chi connectivity index (χ3n) is 2.81. The molecule has 0 aliphatic rings. The highest BCUT2D eigenvalue weighted by Crippen LogP contribution is 2.29. The molecule has 18 heavy (non-hydrogen) atoms. The molecular formula is C13H20N2O3. The Morgan fingerprint density at radius 1 is 1.28 bits per heavy atom. The minimum absolute atomic E-state index is 0.159. The third kappa shape index (κ3) is 3.63. The van der Waals surface area contributed by atoms with E-state index in [4.69, 9.17) is 15.3 Å². The smallest absolute Gasteiger partial charge is 0.233 e. The lowest BCUT2D eigenvalue weighted by atomic mass is 10.0. The van der Waals surface area contributed by atoms with E-state index in [0.29, 0.717) is 12.8 Å². The SMILES string of the molecule is COc1cc(CCCC(=O)NN)c(OC)cc1C. The highest BCUT2D eigenvalue weighted by Gasteiger charge is 2.09. The predicted octanol–water partition coefficient (Wildman–Crippen LogP) is 1.32. The summed E-state index contributed by atoms with van der Waals surface area (Å²) in [6.07, 6.45) is 1.86. The van der Waals surface area contributed by atoms with Crippen molar-refractivity contribution in [3.63, 3.8) is 0 Å². The van der Waals surface area contributed by atoms with Crippen molar-refractivity contribution in [2.45, 2.75) is 26.2 Å². The van der Waals surface area contributed by atoms with E-state index in [-0.39, 0.29) is 5.91 Å². The van der Waals surface area contributed by atoms with Gasteiger partial charge in [0.25, 0.3) is 0 Å². The third-order valence-corrected chi connectivity index (χ3v) is 2.81. The van der Waals surface area contributed by atoms with Crippen molar-refractivity contribution < 1.29 is 14.3 Å². The first-order valence-electron chi connectivity index (χ1n) is 5.83. The molecule has 0 aromatic heterocycles. The molecule has 0 radical (unpaired) electrons. The molecule has 0 heterocycles. The number of methoxy groups -OCH3 is 2. The molecule has 0 fully saturated rings. The lowest BCUT2D eigenvalue weighted by molar-refractivity contribution is -0.121. The number of carbonyl (C=O) groups excluding carboxylic acids is 1. The van der Waals surface area contributed by atoms with Crippen molar-refractivity contribution in [1.82, 2.24) is 5.43 Å². The molecule has 0 bridgehead atoms. The molecule has 0 saturated carbocycles. The number of nitrogens with one attached hydrogen (secondary N) is 1. The van der Waals surface area contributed by atoms with Gasteiger partial charge in [0, 0.05) is 6.42 Å². The number of benzene rings is 1. The van der Waals surface area contributed by atoms with E-state index >= 15 is 0 Å². The monoisotopic (exact) mass is 252 g/mol. The number of carbonyl (C=O) groups is 1. The van der Waals surface area contributed by atoms with Crippen molar-refractivity contribution >= 4 is 5.91 Å². The first-order chi connectivity index (χ1) is 8.62. The topological polar surface area (TPSA) is 73.6 Å². The van der Waals surface area contributed by atoms with Gasteiger partial charge in [0.05, 0.1) is 14.2 Å². The lowest BCUT2D eigenvalue weighted by Gasteiger charge is -2.12. The van der Waals surface area contributed by atoms with E-state index in [1.807, 2.05) is 19.1 Å². The zero-order valence-electron chi connectivity index (χ0n) is 11.1. The van der Waals surface area contributed by atoms with Crippen LogP contribution in [0.25, 0.3) is 0 Å². The maximum atomic E-state index is 11.0. The second-order valence-electron chi connectivity index (χ2n) is 4.05. The van der Waals surface area contributed by atoms with Gasteiger partial charge >= 0.3 is 0 Å². The number of ether oxygens (including phenoxy) is 2. The summed E-state index contributed by atoms with van der Waals surface area (Å²) in [5.74, 6) is 6.52. The Hall–Kier alpha value is -1.75. The van der Waals surface area contributed by atoms with Crippen molar-refractivity contribution in [3.05, 3.63) is 23.3 Å². The van der Waals surface area contributed by atoms with Crippen molar-refractivity contribution in [2.75, 3.05) is 14.2 Å². The summed E-state index contributed by atoms with van der Waals surface area (Å²) in [4.78, 5) is 11.0. The summed E-state index contributed by atoms with van der Waals surface area (Å²) in [6.45, 7) is 1.97. The van der Waals surface area contributed by atoms with Gasteiger partial charge in [-0.3, -0.25) is 10.2 Å². The van der Waals surface area contributed by atoms with Gasteiger partial charge in [-0.2, -0.15) is 0 Å². The Morgan fingerprint density at radius 3 is 2.50 bits per heavy atom. The van der Waals surface area contributed by atoms with Crippen LogP contribution in [0.5, 0.6) is 11.5 Å². The van der Waals surface area contributed by atoms with Gasteiger partial charge in [-0.25, -0.2) is 5.84 Å². The fourth-order valence-corrected chi connectivity index (χ4v) is 1.82. The van der Waals surface area contributed by atoms with Crippen LogP contribution < -0.4 is 20.7 Å². The van der Waals surface area contributed by atoms with E-state index in [1.54, 1.807) is 14.2 Å². The molecule has 5 nitrogen and oxygen atoms in total. The Bertz CT molecular complexity index is 419. The van der Waals surface area contributed by atoms with Crippen LogP contribution in [0, 0.1) is 6.92 Å². The number of amides is 1. The molecule has 1 aromatic carbocycles. The minimum Gasteiger partial charge on any atom is -0.496 e. The molecule has 0 aliphatic carbocycles. The van der Waals surface area contributed by atoms with Crippen molar-refractivity contribution in [2.24, 2.45) is 5.84 Å². The summed E-state index contributed by atoms with van der Waals surface area (Å²) in [6, 6.07) is 3.89. The van der Waals surface area contributed by atoms with Gasteiger partial charge in [-0.15, -0.1) is 0 Å². The van der Waals surface area contributed by atoms with Gasteiger partial charge in [0.15, 0.2) is 0 Å². The number of hydrogen-bond acceptors (Lipinski definition) is 4. The van der Waals surface area contributed by atoms with Crippen LogP contribution in [0.1, 0.15) is 24.0 Å². The van der Waals surface area contributed by atoms with Gasteiger partial charge in [-0.1, -0.05) is 0 Å². The van der Waals surface area contributed by atoms with Gasteiger partial charge < -0.3 is 9.47 Å². The number of nitrogens with two attached hydrogens (primary N) is 1. The lowest BCUT2D eigenvalue weighted by Crippen LogP contribution is -2.29. The zero-order chi connectivity index (χ0) is 13.5. The second kappa shape index (κ2) is 6.86. The summed E-state index contributed by atoms with van der Waals surface area (Å²) in [7, 11) is 3.28. The fraction of sp³-hybridized carbons (Fsp3) is 0.462. The van der Waals surface area contributed by atoms with Crippen molar-refractivity contribution in [3.8, 4) is 11.5 Å². The zero-order valence-corrected chi connectivity index (χ0v) is 11.1. The first-order valence-corrected chi connectivity index (χ1v) is 5.83. The van der Waals surface area contributed by atoms with Gasteiger partial charge in [-0.05, 0) is 43.0 Å². The molecule has 0 spiro atoms. The van der Waals surface area contributed by atoms with E-state index in [1.165, 1.54) is 0 Å². The maximum Gasteiger partial charge on any atom is 0.233 e.